The molecule has 14 heavy (non-hydrogen) atoms. The monoisotopic (exact) mass is 211 g/mol. The Morgan fingerprint density at radius 3 is 3.07 bits per heavy atom. The summed E-state index contributed by atoms with van der Waals surface area (Å²) in [5.74, 6) is 0. The Kier molecular flexibility index (Phi) is 4.12. The van der Waals surface area contributed by atoms with Gasteiger partial charge in [0.25, 0.3) is 0 Å². The number of carbonyl (C=O) groups is 1. The predicted molar refractivity (Wildman–Crippen MR) is 58.3 cm³/mol. The smallest absolute Gasteiger partial charge is 0.314 e. The number of nitrogens with zero attached hydrogens (tertiary/aromatic N) is 1. The van der Waals surface area contributed by atoms with Crippen molar-refractivity contribution in [1.82, 2.24) is 10.3 Å². The number of thiazole rings is 1. The highest BCUT2D eigenvalue weighted by atomic mass is 32.1. The third-order valence-corrected chi connectivity index (χ3v) is 2.35. The zero-order valence-electron chi connectivity index (χ0n) is 8.20. The van der Waals surface area contributed by atoms with Gasteiger partial charge in [0.15, 0.2) is 5.13 Å². The molecule has 4 nitrogen and oxygen atoms in total. The van der Waals surface area contributed by atoms with Crippen molar-refractivity contribution in [3.05, 3.63) is 23.3 Å². The topological polar surface area (TPSA) is 54.0 Å². The van der Waals surface area contributed by atoms with Crippen LogP contribution in [0.3, 0.4) is 0 Å². The van der Waals surface area contributed by atoms with Crippen molar-refractivity contribution in [2.75, 3.05) is 5.32 Å². The molecule has 2 amide bonds. The van der Waals surface area contributed by atoms with Crippen molar-refractivity contribution < 1.29 is 4.79 Å². The average Bonchev–Trinajstić information content (AvgIpc) is 2.66. The van der Waals surface area contributed by atoms with Gasteiger partial charge in [0.05, 0.1) is 0 Å². The summed E-state index contributed by atoms with van der Waals surface area (Å²) < 4.78 is 0. The second-order valence-corrected chi connectivity index (χ2v) is 3.67. The van der Waals surface area contributed by atoms with Crippen LogP contribution in [-0.2, 0) is 0 Å². The van der Waals surface area contributed by atoms with Crippen molar-refractivity contribution in [3.8, 4) is 0 Å². The molecule has 1 rings (SSSR count). The molecule has 0 saturated heterocycles. The number of anilines is 1. The van der Waals surface area contributed by atoms with E-state index in [1.165, 1.54) is 11.3 Å². The van der Waals surface area contributed by atoms with Crippen LogP contribution < -0.4 is 10.6 Å². The molecule has 0 spiro atoms. The van der Waals surface area contributed by atoms with E-state index in [0.29, 0.717) is 5.13 Å². The molecule has 0 aromatic carbocycles. The highest BCUT2D eigenvalue weighted by Crippen LogP contribution is 2.09. The van der Waals surface area contributed by atoms with Gasteiger partial charge in [-0.1, -0.05) is 12.5 Å². The molecule has 2 N–H and O–H groups in total. The number of allylic oxidation sites excluding steroid dienone is 1. The van der Waals surface area contributed by atoms with Gasteiger partial charge >= 0.3 is 6.03 Å². The van der Waals surface area contributed by atoms with Crippen LogP contribution in [0.5, 0.6) is 0 Å². The molecule has 5 heteroatoms. The molecule has 0 bridgehead atoms. The fourth-order valence-electron chi connectivity index (χ4n) is 0.709. The van der Waals surface area contributed by atoms with E-state index in [9.17, 15) is 4.79 Å². The summed E-state index contributed by atoms with van der Waals surface area (Å²) in [6, 6.07) is -0.257. The first-order valence-corrected chi connectivity index (χ1v) is 5.23. The summed E-state index contributed by atoms with van der Waals surface area (Å²) in [4.78, 5) is 15.2. The Balaban J connectivity index is 2.37. The van der Waals surface area contributed by atoms with E-state index in [2.05, 4.69) is 15.6 Å². The van der Waals surface area contributed by atoms with Gasteiger partial charge in [-0.15, -0.1) is 11.3 Å². The molecule has 1 aromatic rings. The SMILES string of the molecule is CC/C(C)=C/NC(=O)Nc1nccs1. The molecule has 0 saturated carbocycles. The summed E-state index contributed by atoms with van der Waals surface area (Å²) in [5, 5.41) is 7.65. The lowest BCUT2D eigenvalue weighted by Crippen LogP contribution is -2.24. The Morgan fingerprint density at radius 1 is 1.71 bits per heavy atom. The number of hydrogen-bond acceptors (Lipinski definition) is 3. The molecule has 0 radical (unpaired) electrons. The number of aromatic nitrogens is 1. The van der Waals surface area contributed by atoms with E-state index in [4.69, 9.17) is 0 Å². The maximum atomic E-state index is 11.2. The molecular weight excluding hydrogens is 198 g/mol. The number of rotatable bonds is 3. The lowest BCUT2D eigenvalue weighted by Gasteiger charge is -2.01. The van der Waals surface area contributed by atoms with Gasteiger partial charge in [0, 0.05) is 17.8 Å². The fourth-order valence-corrected chi connectivity index (χ4v) is 1.23. The Hall–Kier alpha value is -1.36. The van der Waals surface area contributed by atoms with Gasteiger partial charge in [-0.25, -0.2) is 9.78 Å². The summed E-state index contributed by atoms with van der Waals surface area (Å²) in [6.45, 7) is 4.00. The number of amides is 2. The van der Waals surface area contributed by atoms with Crippen molar-refractivity contribution in [2.45, 2.75) is 20.3 Å². The van der Waals surface area contributed by atoms with Crippen LogP contribution >= 0.6 is 11.3 Å². The fraction of sp³-hybridized carbons (Fsp3) is 0.333. The number of nitrogens with one attached hydrogen (secondary N) is 2. The lowest BCUT2D eigenvalue weighted by atomic mass is 10.3. The van der Waals surface area contributed by atoms with E-state index in [1.807, 2.05) is 19.2 Å². The largest absolute Gasteiger partial charge is 0.325 e. The van der Waals surface area contributed by atoms with Crippen molar-refractivity contribution in [1.29, 1.82) is 0 Å². The predicted octanol–water partition coefficient (Wildman–Crippen LogP) is 2.58. The van der Waals surface area contributed by atoms with Crippen LogP contribution in [0.1, 0.15) is 20.3 Å². The first kappa shape index (κ1) is 10.7. The highest BCUT2D eigenvalue weighted by molar-refractivity contribution is 7.13. The second kappa shape index (κ2) is 5.39. The van der Waals surface area contributed by atoms with E-state index in [-0.39, 0.29) is 6.03 Å². The van der Waals surface area contributed by atoms with Gasteiger partial charge in [0.1, 0.15) is 0 Å². The average molecular weight is 211 g/mol. The Morgan fingerprint density at radius 2 is 2.50 bits per heavy atom. The molecule has 76 valence electrons. The molecule has 0 unspecified atom stereocenters. The normalized spacial score (nSPS) is 11.1. The molecule has 0 aliphatic heterocycles. The van der Waals surface area contributed by atoms with Gasteiger partial charge in [-0.05, 0) is 13.3 Å². The lowest BCUT2D eigenvalue weighted by molar-refractivity contribution is 0.255. The maximum Gasteiger partial charge on any atom is 0.325 e. The number of hydrogen-bond donors (Lipinski definition) is 2. The van der Waals surface area contributed by atoms with Crippen molar-refractivity contribution >= 4 is 22.5 Å². The minimum Gasteiger partial charge on any atom is -0.314 e. The van der Waals surface area contributed by atoms with E-state index >= 15 is 0 Å². The van der Waals surface area contributed by atoms with E-state index in [1.54, 1.807) is 12.4 Å². The maximum absolute atomic E-state index is 11.2. The zero-order valence-corrected chi connectivity index (χ0v) is 9.02. The minimum atomic E-state index is -0.257. The second-order valence-electron chi connectivity index (χ2n) is 2.78. The summed E-state index contributed by atoms with van der Waals surface area (Å²) in [6.07, 6.45) is 4.27. The van der Waals surface area contributed by atoms with Crippen LogP contribution in [0.25, 0.3) is 0 Å². The van der Waals surface area contributed by atoms with Crippen molar-refractivity contribution in [2.24, 2.45) is 0 Å². The van der Waals surface area contributed by atoms with Gasteiger partial charge in [0.2, 0.25) is 0 Å². The summed E-state index contributed by atoms with van der Waals surface area (Å²) >= 11 is 1.39. The molecule has 0 fully saturated rings. The van der Waals surface area contributed by atoms with Gasteiger partial charge in [-0.3, -0.25) is 5.32 Å². The number of urea groups is 1. The quantitative estimate of drug-likeness (QED) is 0.807. The minimum absolute atomic E-state index is 0.257. The summed E-state index contributed by atoms with van der Waals surface area (Å²) in [7, 11) is 0. The highest BCUT2D eigenvalue weighted by Gasteiger charge is 2.00. The van der Waals surface area contributed by atoms with Crippen LogP contribution in [0, 0.1) is 0 Å². The first-order valence-electron chi connectivity index (χ1n) is 4.35. The van der Waals surface area contributed by atoms with Crippen molar-refractivity contribution in [3.63, 3.8) is 0 Å². The van der Waals surface area contributed by atoms with Crippen LogP contribution in [0.15, 0.2) is 23.3 Å². The van der Waals surface area contributed by atoms with E-state index < -0.39 is 0 Å². The molecular formula is C9H13N3OS. The van der Waals surface area contributed by atoms with Crippen LogP contribution in [0.4, 0.5) is 9.93 Å². The summed E-state index contributed by atoms with van der Waals surface area (Å²) in [5.41, 5.74) is 1.12. The molecule has 0 aliphatic rings. The molecule has 0 aliphatic carbocycles. The third kappa shape index (κ3) is 3.57. The first-order chi connectivity index (χ1) is 6.72. The molecule has 1 aromatic heterocycles. The Bertz CT molecular complexity index is 319. The molecule has 0 atom stereocenters. The zero-order chi connectivity index (χ0) is 10.4. The Labute approximate surface area is 87.1 Å². The van der Waals surface area contributed by atoms with Gasteiger partial charge in [-0.2, -0.15) is 0 Å². The third-order valence-electron chi connectivity index (χ3n) is 1.66. The standard InChI is InChI=1S/C9H13N3OS/c1-3-7(2)6-11-8(13)12-9-10-4-5-14-9/h4-6H,3H2,1-2H3,(H2,10,11,12,13)/b7-6+. The molecule has 1 heterocycles. The van der Waals surface area contributed by atoms with Gasteiger partial charge < -0.3 is 5.32 Å². The van der Waals surface area contributed by atoms with Crippen LogP contribution in [0.2, 0.25) is 0 Å². The number of carbonyl (C=O) groups excluding carboxylic acids is 1. The van der Waals surface area contributed by atoms with E-state index in [0.717, 1.165) is 12.0 Å². The van der Waals surface area contributed by atoms with Crippen LogP contribution in [-0.4, -0.2) is 11.0 Å².